The Kier molecular flexibility index (Phi) is 5.84. The van der Waals surface area contributed by atoms with Gasteiger partial charge in [-0.2, -0.15) is 12.7 Å². The van der Waals surface area contributed by atoms with Gasteiger partial charge < -0.3 is 0 Å². The van der Waals surface area contributed by atoms with Gasteiger partial charge in [-0.3, -0.25) is 0 Å². The molecule has 0 aromatic rings. The molecule has 98 valence electrons. The molecule has 0 aliphatic carbocycles. The largest absolute Gasteiger partial charge is 0.279 e. The molecule has 0 fully saturated rings. The topological polar surface area (TPSA) is 95.6 Å². The quantitative estimate of drug-likeness (QED) is 0.564. The van der Waals surface area contributed by atoms with Crippen LogP contribution in [0.15, 0.2) is 0 Å². The molecular weight excluding hydrogens is 254 g/mol. The first-order valence-electron chi connectivity index (χ1n) is 4.73. The predicted molar refractivity (Wildman–Crippen MR) is 62.7 cm³/mol. The van der Waals surface area contributed by atoms with Crippen molar-refractivity contribution in [3.8, 4) is 0 Å². The fourth-order valence-corrected chi connectivity index (χ4v) is 2.39. The van der Waals surface area contributed by atoms with Crippen LogP contribution in [-0.2, 0) is 20.2 Å². The lowest BCUT2D eigenvalue weighted by atomic mass is 10.4. The van der Waals surface area contributed by atoms with Crippen molar-refractivity contribution in [2.45, 2.75) is 19.9 Å². The van der Waals surface area contributed by atoms with Gasteiger partial charge in [0.1, 0.15) is 0 Å². The van der Waals surface area contributed by atoms with Crippen LogP contribution in [0.4, 0.5) is 0 Å². The highest BCUT2D eigenvalue weighted by Gasteiger charge is 2.19. The van der Waals surface area contributed by atoms with E-state index in [-0.39, 0.29) is 19.1 Å². The summed E-state index contributed by atoms with van der Waals surface area (Å²) in [5.41, 5.74) is 0. The van der Waals surface area contributed by atoms with Gasteiger partial charge in [-0.1, -0.05) is 0 Å². The summed E-state index contributed by atoms with van der Waals surface area (Å²) < 4.78 is 50.1. The van der Waals surface area contributed by atoms with E-state index in [0.717, 1.165) is 6.26 Å². The summed E-state index contributed by atoms with van der Waals surface area (Å²) in [6, 6.07) is -0.152. The fraction of sp³-hybridized carbons (Fsp3) is 1.00. The highest BCUT2D eigenvalue weighted by Crippen LogP contribution is 1.99. The minimum absolute atomic E-state index is 0.0203. The summed E-state index contributed by atoms with van der Waals surface area (Å²) in [6.07, 6.45) is 1.02. The number of rotatable bonds is 7. The summed E-state index contributed by atoms with van der Waals surface area (Å²) in [5, 5.41) is 0. The molecule has 0 atom stereocenters. The van der Waals surface area contributed by atoms with Crippen LogP contribution in [-0.4, -0.2) is 53.6 Å². The molecule has 7 nitrogen and oxygen atoms in total. The van der Waals surface area contributed by atoms with Gasteiger partial charge in [-0.25, -0.2) is 17.9 Å². The molecule has 0 amide bonds. The maximum Gasteiger partial charge on any atom is 0.279 e. The third-order valence-electron chi connectivity index (χ3n) is 1.88. The van der Waals surface area contributed by atoms with Crippen molar-refractivity contribution in [1.29, 1.82) is 0 Å². The number of nitrogens with zero attached hydrogens (tertiary/aromatic N) is 1. The van der Waals surface area contributed by atoms with Gasteiger partial charge in [-0.15, -0.1) is 0 Å². The molecule has 0 aromatic heterocycles. The van der Waals surface area contributed by atoms with Crippen LogP contribution in [0.25, 0.3) is 0 Å². The molecule has 0 heterocycles. The van der Waals surface area contributed by atoms with Crippen LogP contribution in [0.5, 0.6) is 0 Å². The van der Waals surface area contributed by atoms with Crippen LogP contribution in [0.2, 0.25) is 0 Å². The molecule has 0 radical (unpaired) electrons. The fourth-order valence-electron chi connectivity index (χ4n) is 0.796. The number of nitrogens with one attached hydrogen (secondary N) is 2. The minimum atomic E-state index is -3.53. The Balaban J connectivity index is 4.12. The molecule has 0 spiro atoms. The second-order valence-electron chi connectivity index (χ2n) is 3.68. The average Bonchev–Trinajstić information content (AvgIpc) is 2.09. The average molecular weight is 273 g/mol. The van der Waals surface area contributed by atoms with Crippen LogP contribution in [0.3, 0.4) is 0 Å². The minimum Gasteiger partial charge on any atom is -0.214 e. The Bertz CT molecular complexity index is 401. The van der Waals surface area contributed by atoms with Crippen molar-refractivity contribution in [2.75, 3.05) is 26.4 Å². The second-order valence-corrected chi connectivity index (χ2v) is 7.32. The molecule has 0 saturated carbocycles. The van der Waals surface area contributed by atoms with Crippen LogP contribution in [0.1, 0.15) is 13.8 Å². The summed E-state index contributed by atoms with van der Waals surface area (Å²) in [7, 11) is -5.35. The molecule has 9 heteroatoms. The van der Waals surface area contributed by atoms with Crippen LogP contribution >= 0.6 is 0 Å². The molecule has 0 aromatic carbocycles. The van der Waals surface area contributed by atoms with Gasteiger partial charge in [0.25, 0.3) is 10.2 Å². The van der Waals surface area contributed by atoms with Gasteiger partial charge in [0.2, 0.25) is 10.0 Å². The summed E-state index contributed by atoms with van der Waals surface area (Å²) in [6.45, 7) is 3.54. The van der Waals surface area contributed by atoms with Gasteiger partial charge in [0, 0.05) is 26.2 Å². The molecule has 0 saturated heterocycles. The van der Waals surface area contributed by atoms with Gasteiger partial charge in [0.05, 0.1) is 6.26 Å². The van der Waals surface area contributed by atoms with Crippen molar-refractivity contribution < 1.29 is 16.8 Å². The maximum atomic E-state index is 11.5. The van der Waals surface area contributed by atoms with Crippen molar-refractivity contribution in [3.63, 3.8) is 0 Å². The zero-order chi connectivity index (χ0) is 13.0. The molecule has 0 bridgehead atoms. The Morgan fingerprint density at radius 1 is 1.06 bits per heavy atom. The number of hydrogen-bond acceptors (Lipinski definition) is 4. The molecule has 16 heavy (non-hydrogen) atoms. The first-order valence-corrected chi connectivity index (χ1v) is 8.06. The lowest BCUT2D eigenvalue weighted by Gasteiger charge is -2.21. The van der Waals surface area contributed by atoms with Crippen molar-refractivity contribution in [2.24, 2.45) is 0 Å². The molecule has 0 aliphatic heterocycles. The van der Waals surface area contributed by atoms with Gasteiger partial charge >= 0.3 is 0 Å². The standard InChI is InChI=1S/C7H19N3O4S2/c1-7(2)10(3)16(13,14)9-6-5-8-15(4,11)12/h7-9H,5-6H2,1-4H3. The van der Waals surface area contributed by atoms with E-state index in [1.54, 1.807) is 13.8 Å². The number of sulfonamides is 1. The smallest absolute Gasteiger partial charge is 0.214 e. The maximum absolute atomic E-state index is 11.5. The third kappa shape index (κ3) is 6.38. The first kappa shape index (κ1) is 15.8. The van der Waals surface area contributed by atoms with E-state index in [9.17, 15) is 16.8 Å². The van der Waals surface area contributed by atoms with Crippen LogP contribution in [0, 0.1) is 0 Å². The van der Waals surface area contributed by atoms with E-state index in [4.69, 9.17) is 0 Å². The highest BCUT2D eigenvalue weighted by atomic mass is 32.2. The lowest BCUT2D eigenvalue weighted by Crippen LogP contribution is -2.44. The SMILES string of the molecule is CC(C)N(C)S(=O)(=O)NCCNS(C)(=O)=O. The van der Waals surface area contributed by atoms with Crippen molar-refractivity contribution in [3.05, 3.63) is 0 Å². The Hall–Kier alpha value is -0.220. The Labute approximate surface area is 97.4 Å². The zero-order valence-electron chi connectivity index (χ0n) is 9.89. The predicted octanol–water partition coefficient (Wildman–Crippen LogP) is -1.29. The van der Waals surface area contributed by atoms with E-state index in [1.807, 2.05) is 0 Å². The normalized spacial score (nSPS) is 13.6. The van der Waals surface area contributed by atoms with Crippen molar-refractivity contribution >= 4 is 20.2 Å². The molecular formula is C7H19N3O4S2. The van der Waals surface area contributed by atoms with E-state index >= 15 is 0 Å². The highest BCUT2D eigenvalue weighted by molar-refractivity contribution is 7.88. The second kappa shape index (κ2) is 5.92. The van der Waals surface area contributed by atoms with Gasteiger partial charge in [-0.05, 0) is 13.8 Å². The Morgan fingerprint density at radius 2 is 1.50 bits per heavy atom. The van der Waals surface area contributed by atoms with E-state index in [0.29, 0.717) is 0 Å². The summed E-state index contributed by atoms with van der Waals surface area (Å²) >= 11 is 0. The molecule has 2 N–H and O–H groups in total. The van der Waals surface area contributed by atoms with E-state index in [1.165, 1.54) is 11.4 Å². The number of hydrogen-bond donors (Lipinski definition) is 2. The van der Waals surface area contributed by atoms with E-state index < -0.39 is 20.2 Å². The monoisotopic (exact) mass is 273 g/mol. The summed E-state index contributed by atoms with van der Waals surface area (Å²) in [5.74, 6) is 0. The zero-order valence-corrected chi connectivity index (χ0v) is 11.5. The van der Waals surface area contributed by atoms with Crippen molar-refractivity contribution in [1.82, 2.24) is 13.7 Å². The Morgan fingerprint density at radius 3 is 1.88 bits per heavy atom. The molecule has 0 unspecified atom stereocenters. The lowest BCUT2D eigenvalue weighted by molar-refractivity contribution is 0.402. The first-order chi connectivity index (χ1) is 7.06. The van der Waals surface area contributed by atoms with Gasteiger partial charge in [0.15, 0.2) is 0 Å². The third-order valence-corrected chi connectivity index (χ3v) is 4.36. The molecule has 0 aliphatic rings. The molecule has 0 rings (SSSR count). The summed E-state index contributed by atoms with van der Waals surface area (Å²) in [4.78, 5) is 0. The van der Waals surface area contributed by atoms with E-state index in [2.05, 4.69) is 9.44 Å². The van der Waals surface area contributed by atoms with Crippen LogP contribution < -0.4 is 9.44 Å².